The second-order valence-electron chi connectivity index (χ2n) is 6.94. The lowest BCUT2D eigenvalue weighted by molar-refractivity contribution is -0.130. The number of nitrogens with two attached hydrogens (primary N) is 1. The molecule has 1 unspecified atom stereocenters. The van der Waals surface area contributed by atoms with Crippen LogP contribution in [-0.4, -0.2) is 55.6 Å². The predicted octanol–water partition coefficient (Wildman–Crippen LogP) is 0.788. The Hall–Kier alpha value is -1.44. The molecule has 1 aromatic rings. The van der Waals surface area contributed by atoms with Crippen LogP contribution in [0.25, 0.3) is 0 Å². The summed E-state index contributed by atoms with van der Waals surface area (Å²) < 4.78 is 22.5. The van der Waals surface area contributed by atoms with Crippen LogP contribution in [0.1, 0.15) is 24.8 Å². The number of primary sulfonamides is 1. The van der Waals surface area contributed by atoms with Crippen molar-refractivity contribution < 1.29 is 13.2 Å². The van der Waals surface area contributed by atoms with Crippen LogP contribution in [0.2, 0.25) is 0 Å². The standard InChI is InChI=1S/C17H25N3O3S/c18-24(22,23)13-15-10-17(21)20(12-15)16-6-8-19(9-7-16)11-14-4-2-1-3-5-14/h1-5,15-16H,6-13H2,(H2,18,22,23). The average molecular weight is 351 g/mol. The molecule has 2 fully saturated rings. The van der Waals surface area contributed by atoms with E-state index < -0.39 is 10.0 Å². The molecule has 1 amide bonds. The van der Waals surface area contributed by atoms with Crippen LogP contribution in [-0.2, 0) is 21.4 Å². The van der Waals surface area contributed by atoms with Crippen molar-refractivity contribution in [3.8, 4) is 0 Å². The summed E-state index contributed by atoms with van der Waals surface area (Å²) in [6.45, 7) is 3.39. The molecule has 1 aromatic carbocycles. The topological polar surface area (TPSA) is 83.7 Å². The van der Waals surface area contributed by atoms with E-state index in [0.717, 1.165) is 32.5 Å². The summed E-state index contributed by atoms with van der Waals surface area (Å²) in [6, 6.07) is 10.6. The molecule has 0 saturated carbocycles. The summed E-state index contributed by atoms with van der Waals surface area (Å²) in [4.78, 5) is 16.5. The second kappa shape index (κ2) is 7.21. The van der Waals surface area contributed by atoms with Crippen LogP contribution in [0, 0.1) is 5.92 Å². The number of likely N-dealkylation sites (tertiary alicyclic amines) is 2. The number of nitrogens with zero attached hydrogens (tertiary/aromatic N) is 2. The normalized spacial score (nSPS) is 23.8. The van der Waals surface area contributed by atoms with E-state index in [4.69, 9.17) is 5.14 Å². The van der Waals surface area contributed by atoms with E-state index in [2.05, 4.69) is 29.2 Å². The molecular formula is C17H25N3O3S. The molecule has 132 valence electrons. The fraction of sp³-hybridized carbons (Fsp3) is 0.588. The summed E-state index contributed by atoms with van der Waals surface area (Å²) in [5, 5.41) is 5.11. The van der Waals surface area contributed by atoms with Crippen LogP contribution in [0.15, 0.2) is 30.3 Å². The first kappa shape index (κ1) is 17.4. The monoisotopic (exact) mass is 351 g/mol. The highest BCUT2D eigenvalue weighted by Gasteiger charge is 2.37. The molecule has 0 aromatic heterocycles. The Morgan fingerprint density at radius 3 is 2.42 bits per heavy atom. The van der Waals surface area contributed by atoms with Crippen molar-refractivity contribution >= 4 is 15.9 Å². The van der Waals surface area contributed by atoms with Crippen LogP contribution in [0.5, 0.6) is 0 Å². The Balaban J connectivity index is 1.50. The van der Waals surface area contributed by atoms with Crippen molar-refractivity contribution in [1.29, 1.82) is 0 Å². The van der Waals surface area contributed by atoms with Gasteiger partial charge in [0.2, 0.25) is 15.9 Å². The van der Waals surface area contributed by atoms with Crippen molar-refractivity contribution in [2.24, 2.45) is 11.1 Å². The Labute approximate surface area is 143 Å². The highest BCUT2D eigenvalue weighted by atomic mass is 32.2. The minimum Gasteiger partial charge on any atom is -0.339 e. The molecule has 0 spiro atoms. The van der Waals surface area contributed by atoms with Gasteiger partial charge in [0.25, 0.3) is 0 Å². The van der Waals surface area contributed by atoms with E-state index in [1.807, 2.05) is 11.0 Å². The highest BCUT2D eigenvalue weighted by Crippen LogP contribution is 2.26. The lowest BCUT2D eigenvalue weighted by Crippen LogP contribution is -2.45. The van der Waals surface area contributed by atoms with Gasteiger partial charge in [-0.2, -0.15) is 0 Å². The summed E-state index contributed by atoms with van der Waals surface area (Å²) in [7, 11) is -3.52. The van der Waals surface area contributed by atoms with Gasteiger partial charge < -0.3 is 4.90 Å². The number of rotatable bonds is 5. The third-order valence-corrected chi connectivity index (χ3v) is 5.89. The SMILES string of the molecule is NS(=O)(=O)CC1CC(=O)N(C2CCN(Cc3ccccc3)CC2)C1. The number of piperidine rings is 1. The van der Waals surface area contributed by atoms with Gasteiger partial charge in [-0.1, -0.05) is 30.3 Å². The summed E-state index contributed by atoms with van der Waals surface area (Å²) in [6.07, 6.45) is 2.20. The second-order valence-corrected chi connectivity index (χ2v) is 8.60. The Bertz CT molecular complexity index is 670. The van der Waals surface area contributed by atoms with Crippen molar-refractivity contribution in [3.05, 3.63) is 35.9 Å². The number of carbonyl (C=O) groups excluding carboxylic acids is 1. The molecule has 0 radical (unpaired) electrons. The number of benzene rings is 1. The van der Waals surface area contributed by atoms with Gasteiger partial charge in [0.15, 0.2) is 0 Å². The Morgan fingerprint density at radius 2 is 1.79 bits per heavy atom. The fourth-order valence-electron chi connectivity index (χ4n) is 3.83. The zero-order valence-electron chi connectivity index (χ0n) is 13.8. The molecule has 2 aliphatic rings. The van der Waals surface area contributed by atoms with Crippen LogP contribution >= 0.6 is 0 Å². The van der Waals surface area contributed by atoms with E-state index in [0.29, 0.717) is 13.0 Å². The molecule has 2 saturated heterocycles. The van der Waals surface area contributed by atoms with Gasteiger partial charge in [-0.25, -0.2) is 13.6 Å². The first-order valence-electron chi connectivity index (χ1n) is 8.47. The summed E-state index contributed by atoms with van der Waals surface area (Å²) in [5.41, 5.74) is 1.31. The molecule has 3 rings (SSSR count). The third-order valence-electron chi connectivity index (χ3n) is 4.95. The van der Waals surface area contributed by atoms with Gasteiger partial charge in [-0.05, 0) is 18.4 Å². The zero-order valence-corrected chi connectivity index (χ0v) is 14.6. The molecule has 0 bridgehead atoms. The molecule has 24 heavy (non-hydrogen) atoms. The molecule has 2 heterocycles. The number of sulfonamides is 1. The van der Waals surface area contributed by atoms with Gasteiger partial charge in [-0.3, -0.25) is 9.69 Å². The average Bonchev–Trinajstić information content (AvgIpc) is 2.87. The lowest BCUT2D eigenvalue weighted by atomic mass is 10.0. The van der Waals surface area contributed by atoms with Gasteiger partial charge in [0.05, 0.1) is 5.75 Å². The van der Waals surface area contributed by atoms with Gasteiger partial charge in [0.1, 0.15) is 0 Å². The van der Waals surface area contributed by atoms with Gasteiger partial charge >= 0.3 is 0 Å². The van der Waals surface area contributed by atoms with Crippen molar-refractivity contribution in [2.75, 3.05) is 25.4 Å². The molecule has 1 atom stereocenters. The van der Waals surface area contributed by atoms with E-state index in [-0.39, 0.29) is 23.6 Å². The molecular weight excluding hydrogens is 326 g/mol. The fourth-order valence-corrected chi connectivity index (χ4v) is 4.71. The zero-order chi connectivity index (χ0) is 17.2. The third kappa shape index (κ3) is 4.55. The van der Waals surface area contributed by atoms with Crippen LogP contribution < -0.4 is 5.14 Å². The number of amides is 1. The quantitative estimate of drug-likeness (QED) is 0.850. The molecule has 0 aliphatic carbocycles. The van der Waals surface area contributed by atoms with Crippen molar-refractivity contribution in [2.45, 2.75) is 31.8 Å². The van der Waals surface area contributed by atoms with Crippen molar-refractivity contribution in [3.63, 3.8) is 0 Å². The largest absolute Gasteiger partial charge is 0.339 e. The summed E-state index contributed by atoms with van der Waals surface area (Å²) >= 11 is 0. The minimum absolute atomic E-state index is 0.0742. The van der Waals surface area contributed by atoms with Crippen LogP contribution in [0.4, 0.5) is 0 Å². The Kier molecular flexibility index (Phi) is 5.22. The molecule has 6 nitrogen and oxygen atoms in total. The van der Waals surface area contributed by atoms with Gasteiger partial charge in [0, 0.05) is 44.6 Å². The van der Waals surface area contributed by atoms with Gasteiger partial charge in [-0.15, -0.1) is 0 Å². The van der Waals surface area contributed by atoms with Crippen LogP contribution in [0.3, 0.4) is 0 Å². The molecule has 7 heteroatoms. The first-order valence-corrected chi connectivity index (χ1v) is 10.2. The lowest BCUT2D eigenvalue weighted by Gasteiger charge is -2.37. The molecule has 2 N–H and O–H groups in total. The number of carbonyl (C=O) groups is 1. The van der Waals surface area contributed by atoms with E-state index in [1.54, 1.807) is 0 Å². The summed E-state index contributed by atoms with van der Waals surface area (Å²) in [5.74, 6) is -0.178. The predicted molar refractivity (Wildman–Crippen MR) is 92.5 cm³/mol. The molecule has 2 aliphatic heterocycles. The number of hydrogen-bond donors (Lipinski definition) is 1. The maximum absolute atomic E-state index is 12.2. The maximum Gasteiger partial charge on any atom is 0.223 e. The minimum atomic E-state index is -3.52. The van der Waals surface area contributed by atoms with E-state index >= 15 is 0 Å². The van der Waals surface area contributed by atoms with Crippen molar-refractivity contribution in [1.82, 2.24) is 9.80 Å². The van der Waals surface area contributed by atoms with E-state index in [9.17, 15) is 13.2 Å². The maximum atomic E-state index is 12.2. The smallest absolute Gasteiger partial charge is 0.223 e. The number of hydrogen-bond acceptors (Lipinski definition) is 4. The van der Waals surface area contributed by atoms with E-state index in [1.165, 1.54) is 5.56 Å². The first-order chi connectivity index (χ1) is 11.4. The Morgan fingerprint density at radius 1 is 1.12 bits per heavy atom. The highest BCUT2D eigenvalue weighted by molar-refractivity contribution is 7.89.